The molecule has 0 radical (unpaired) electrons. The van der Waals surface area contributed by atoms with E-state index >= 15 is 0 Å². The first-order chi connectivity index (χ1) is 6.40. The minimum Gasteiger partial charge on any atom is -0.442 e. The van der Waals surface area contributed by atoms with Gasteiger partial charge in [0.15, 0.2) is 0 Å². The zero-order valence-corrected chi connectivity index (χ0v) is 8.40. The lowest BCUT2D eigenvalue weighted by Crippen LogP contribution is -2.46. The van der Waals surface area contributed by atoms with E-state index in [0.717, 1.165) is 0 Å². The molecule has 0 aromatic rings. The minimum atomic E-state index is -0.772. The standard InChI is InChI=1S/C8H13N3O3/c1-8(2,3)14-7(13)11-6(12)9-4-5-10-11/h5H,4H2,1-3H3,(H,9,12). The number of nitrogens with zero attached hydrogens (tertiary/aromatic N) is 2. The summed E-state index contributed by atoms with van der Waals surface area (Å²) in [5.41, 5.74) is -0.635. The van der Waals surface area contributed by atoms with Crippen molar-refractivity contribution in [3.8, 4) is 0 Å². The normalized spacial score (nSPS) is 16.5. The molecule has 1 aliphatic heterocycles. The van der Waals surface area contributed by atoms with Crippen molar-refractivity contribution in [1.29, 1.82) is 0 Å². The van der Waals surface area contributed by atoms with Crippen LogP contribution in [0, 0.1) is 0 Å². The molecule has 0 aliphatic carbocycles. The molecule has 6 heteroatoms. The van der Waals surface area contributed by atoms with Crippen molar-refractivity contribution in [2.24, 2.45) is 5.10 Å². The van der Waals surface area contributed by atoms with Gasteiger partial charge < -0.3 is 10.1 Å². The fraction of sp³-hybridized carbons (Fsp3) is 0.625. The smallest absolute Gasteiger partial charge is 0.439 e. The van der Waals surface area contributed by atoms with E-state index in [1.54, 1.807) is 20.8 Å². The van der Waals surface area contributed by atoms with Gasteiger partial charge in [-0.3, -0.25) is 0 Å². The lowest BCUT2D eigenvalue weighted by molar-refractivity contribution is 0.0322. The number of hydrogen-bond acceptors (Lipinski definition) is 4. The molecule has 0 aromatic heterocycles. The molecule has 0 bridgehead atoms. The minimum absolute atomic E-state index is 0.331. The molecule has 3 amide bonds. The van der Waals surface area contributed by atoms with E-state index < -0.39 is 17.7 Å². The second-order valence-corrected chi connectivity index (χ2v) is 3.78. The fourth-order valence-corrected chi connectivity index (χ4v) is 0.818. The second-order valence-electron chi connectivity index (χ2n) is 3.78. The predicted molar refractivity (Wildman–Crippen MR) is 50.0 cm³/mol. The van der Waals surface area contributed by atoms with Gasteiger partial charge >= 0.3 is 12.1 Å². The van der Waals surface area contributed by atoms with Crippen molar-refractivity contribution in [2.45, 2.75) is 26.4 Å². The molecule has 0 spiro atoms. The third-order valence-electron chi connectivity index (χ3n) is 1.30. The van der Waals surface area contributed by atoms with Gasteiger partial charge in [0.05, 0.1) is 6.54 Å². The van der Waals surface area contributed by atoms with E-state index in [2.05, 4.69) is 10.4 Å². The molecule has 6 nitrogen and oxygen atoms in total. The Labute approximate surface area is 81.9 Å². The van der Waals surface area contributed by atoms with Crippen molar-refractivity contribution in [1.82, 2.24) is 10.3 Å². The average Bonchev–Trinajstić information content (AvgIpc) is 2.01. The summed E-state index contributed by atoms with van der Waals surface area (Å²) in [5, 5.41) is 6.71. The van der Waals surface area contributed by atoms with Crippen LogP contribution in [-0.2, 0) is 4.74 Å². The van der Waals surface area contributed by atoms with Gasteiger partial charge in [0.1, 0.15) is 5.60 Å². The summed E-state index contributed by atoms with van der Waals surface area (Å²) >= 11 is 0. The first kappa shape index (κ1) is 10.5. The maximum absolute atomic E-state index is 11.4. The van der Waals surface area contributed by atoms with Crippen LogP contribution in [0.3, 0.4) is 0 Å². The van der Waals surface area contributed by atoms with E-state index in [-0.39, 0.29) is 0 Å². The number of carbonyl (C=O) groups is 2. The Balaban J connectivity index is 2.64. The Hall–Kier alpha value is -1.59. The van der Waals surface area contributed by atoms with Gasteiger partial charge in [0.2, 0.25) is 0 Å². The lowest BCUT2D eigenvalue weighted by atomic mass is 10.2. The summed E-state index contributed by atoms with van der Waals surface area (Å²) in [6, 6.07) is -0.568. The molecule has 0 saturated heterocycles. The van der Waals surface area contributed by atoms with Gasteiger partial charge in [-0.05, 0) is 20.8 Å². The van der Waals surface area contributed by atoms with Gasteiger partial charge in [-0.25, -0.2) is 9.59 Å². The predicted octanol–water partition coefficient (Wildman–Crippen LogP) is 0.933. The van der Waals surface area contributed by atoms with Crippen LogP contribution in [0.25, 0.3) is 0 Å². The van der Waals surface area contributed by atoms with Gasteiger partial charge in [0.25, 0.3) is 0 Å². The summed E-state index contributed by atoms with van der Waals surface area (Å²) in [6.07, 6.45) is 0.650. The van der Waals surface area contributed by atoms with Crippen molar-refractivity contribution in [2.75, 3.05) is 6.54 Å². The molecular weight excluding hydrogens is 186 g/mol. The van der Waals surface area contributed by atoms with Crippen molar-refractivity contribution in [3.05, 3.63) is 0 Å². The van der Waals surface area contributed by atoms with E-state index in [1.165, 1.54) is 6.21 Å². The highest BCUT2D eigenvalue weighted by Crippen LogP contribution is 2.10. The Kier molecular flexibility index (Phi) is 2.73. The molecule has 78 valence electrons. The first-order valence-electron chi connectivity index (χ1n) is 4.23. The number of hydrazone groups is 1. The Morgan fingerprint density at radius 2 is 2.29 bits per heavy atom. The summed E-state index contributed by atoms with van der Waals surface area (Å²) in [4.78, 5) is 22.5. The van der Waals surface area contributed by atoms with Crippen LogP contribution in [0.5, 0.6) is 0 Å². The van der Waals surface area contributed by atoms with E-state index in [1.807, 2.05) is 0 Å². The fourth-order valence-electron chi connectivity index (χ4n) is 0.818. The maximum atomic E-state index is 11.4. The van der Waals surface area contributed by atoms with Crippen LogP contribution in [0.1, 0.15) is 20.8 Å². The zero-order chi connectivity index (χ0) is 10.8. The van der Waals surface area contributed by atoms with Crippen LogP contribution < -0.4 is 5.32 Å². The number of imide groups is 1. The Morgan fingerprint density at radius 3 is 2.79 bits per heavy atom. The molecule has 14 heavy (non-hydrogen) atoms. The molecule has 1 heterocycles. The van der Waals surface area contributed by atoms with Gasteiger partial charge in [-0.15, -0.1) is 5.01 Å². The molecule has 0 aromatic carbocycles. The van der Waals surface area contributed by atoms with Crippen LogP contribution >= 0.6 is 0 Å². The van der Waals surface area contributed by atoms with Gasteiger partial charge in [-0.2, -0.15) is 5.10 Å². The number of carbonyl (C=O) groups excluding carboxylic acids is 2. The van der Waals surface area contributed by atoms with Crippen molar-refractivity contribution >= 4 is 18.3 Å². The van der Waals surface area contributed by atoms with Crippen molar-refractivity contribution < 1.29 is 14.3 Å². The van der Waals surface area contributed by atoms with Crippen LogP contribution in [0.2, 0.25) is 0 Å². The summed E-state index contributed by atoms with van der Waals surface area (Å²) in [6.45, 7) is 5.49. The molecule has 1 N–H and O–H groups in total. The molecule has 1 rings (SSSR count). The van der Waals surface area contributed by atoms with E-state index in [9.17, 15) is 9.59 Å². The number of urea groups is 1. The number of ether oxygens (including phenoxy) is 1. The first-order valence-corrected chi connectivity index (χ1v) is 4.23. The third-order valence-corrected chi connectivity index (χ3v) is 1.30. The number of nitrogens with one attached hydrogen (secondary N) is 1. The number of hydrogen-bond donors (Lipinski definition) is 1. The number of rotatable bonds is 0. The maximum Gasteiger partial charge on any atom is 0.439 e. The highest BCUT2D eigenvalue weighted by molar-refractivity contribution is 5.94. The molecule has 1 aliphatic rings. The summed E-state index contributed by atoms with van der Waals surface area (Å²) in [7, 11) is 0. The number of amides is 3. The van der Waals surface area contributed by atoms with Gasteiger partial charge in [-0.1, -0.05) is 0 Å². The zero-order valence-electron chi connectivity index (χ0n) is 8.40. The van der Waals surface area contributed by atoms with Gasteiger partial charge in [0, 0.05) is 6.21 Å². The largest absolute Gasteiger partial charge is 0.442 e. The second kappa shape index (κ2) is 3.65. The molecule has 0 unspecified atom stereocenters. The van der Waals surface area contributed by atoms with Crippen LogP contribution in [0.4, 0.5) is 9.59 Å². The monoisotopic (exact) mass is 199 g/mol. The third kappa shape index (κ3) is 2.72. The van der Waals surface area contributed by atoms with Crippen LogP contribution in [-0.4, -0.2) is 35.5 Å². The molecule has 0 fully saturated rings. The molecule has 0 atom stereocenters. The molecular formula is C8H13N3O3. The highest BCUT2D eigenvalue weighted by atomic mass is 16.6. The lowest BCUT2D eigenvalue weighted by Gasteiger charge is -2.24. The average molecular weight is 199 g/mol. The Morgan fingerprint density at radius 1 is 1.64 bits per heavy atom. The SMILES string of the molecule is CC(C)(C)OC(=O)N1N=CCNC1=O. The topological polar surface area (TPSA) is 71.0 Å². The van der Waals surface area contributed by atoms with Crippen LogP contribution in [0.15, 0.2) is 5.10 Å². The van der Waals surface area contributed by atoms with E-state index in [0.29, 0.717) is 11.6 Å². The Bertz CT molecular complexity index is 280. The summed E-state index contributed by atoms with van der Waals surface area (Å²) < 4.78 is 4.96. The van der Waals surface area contributed by atoms with E-state index in [4.69, 9.17) is 4.74 Å². The highest BCUT2D eigenvalue weighted by Gasteiger charge is 2.28. The summed E-state index contributed by atoms with van der Waals surface area (Å²) in [5.74, 6) is 0. The van der Waals surface area contributed by atoms with Crippen molar-refractivity contribution in [3.63, 3.8) is 0 Å². The quantitative estimate of drug-likeness (QED) is 0.630. The molecule has 0 saturated carbocycles.